The zero-order valence-electron chi connectivity index (χ0n) is 13.6. The molecule has 0 aliphatic carbocycles. The molecule has 0 saturated carbocycles. The molecule has 1 aliphatic heterocycles. The van der Waals surface area contributed by atoms with Crippen LogP contribution in [0.2, 0.25) is 0 Å². The van der Waals surface area contributed by atoms with Crippen molar-refractivity contribution >= 4 is 0 Å². The minimum atomic E-state index is -0.641. The summed E-state index contributed by atoms with van der Waals surface area (Å²) in [4.78, 5) is 13.8. The average molecular weight is 333 g/mol. The van der Waals surface area contributed by atoms with E-state index in [0.29, 0.717) is 24.5 Å². The van der Waals surface area contributed by atoms with Crippen LogP contribution in [0.1, 0.15) is 49.7 Å². The summed E-state index contributed by atoms with van der Waals surface area (Å²) >= 11 is 0. The van der Waals surface area contributed by atoms with Crippen molar-refractivity contribution in [3.63, 3.8) is 0 Å². The molecule has 0 radical (unpaired) electrons. The van der Waals surface area contributed by atoms with Crippen LogP contribution >= 0.6 is 0 Å². The van der Waals surface area contributed by atoms with Gasteiger partial charge >= 0.3 is 0 Å². The molecule has 2 N–H and O–H groups in total. The van der Waals surface area contributed by atoms with Crippen molar-refractivity contribution in [2.75, 3.05) is 6.54 Å². The standard InChI is InChI=1S/C18H23NO5/c20-15-10-14(24-12-17(15)22)11-19-7-3-1-2-5-13(19)9-16(21)18-6-4-8-23-18/h4,6,8,10,12-13,16,21-22H,1-3,5,7,9,11H2/t13-,16+/m1/s1. The minimum absolute atomic E-state index is 0.187. The molecule has 1 fully saturated rings. The van der Waals surface area contributed by atoms with Gasteiger partial charge < -0.3 is 19.0 Å². The van der Waals surface area contributed by atoms with Crippen molar-refractivity contribution in [2.45, 2.75) is 50.8 Å². The Labute approximate surface area is 140 Å². The van der Waals surface area contributed by atoms with E-state index >= 15 is 0 Å². The normalized spacial score (nSPS) is 20.6. The van der Waals surface area contributed by atoms with Gasteiger partial charge in [-0.2, -0.15) is 0 Å². The molecule has 6 heteroatoms. The fourth-order valence-corrected chi connectivity index (χ4v) is 3.29. The topological polar surface area (TPSA) is 87.1 Å². The first-order valence-electron chi connectivity index (χ1n) is 8.39. The lowest BCUT2D eigenvalue weighted by Gasteiger charge is -2.30. The second-order valence-corrected chi connectivity index (χ2v) is 6.34. The van der Waals surface area contributed by atoms with Crippen LogP contribution in [0.5, 0.6) is 5.75 Å². The summed E-state index contributed by atoms with van der Waals surface area (Å²) in [7, 11) is 0. The molecule has 0 spiro atoms. The number of hydrogen-bond acceptors (Lipinski definition) is 6. The number of furan rings is 1. The fourth-order valence-electron chi connectivity index (χ4n) is 3.29. The lowest BCUT2D eigenvalue weighted by atomic mass is 10.0. The van der Waals surface area contributed by atoms with E-state index in [9.17, 15) is 15.0 Å². The molecule has 24 heavy (non-hydrogen) atoms. The molecule has 0 aromatic carbocycles. The lowest BCUT2D eigenvalue weighted by Crippen LogP contribution is -2.35. The zero-order valence-corrected chi connectivity index (χ0v) is 13.6. The molecule has 2 aromatic rings. The van der Waals surface area contributed by atoms with Gasteiger partial charge in [0.1, 0.15) is 23.9 Å². The Morgan fingerprint density at radius 1 is 1.29 bits per heavy atom. The molecule has 3 rings (SSSR count). The van der Waals surface area contributed by atoms with Crippen LogP contribution in [0.4, 0.5) is 0 Å². The van der Waals surface area contributed by atoms with E-state index in [1.54, 1.807) is 18.4 Å². The van der Waals surface area contributed by atoms with Crippen LogP contribution in [-0.2, 0) is 6.54 Å². The summed E-state index contributed by atoms with van der Waals surface area (Å²) in [5.74, 6) is 0.729. The van der Waals surface area contributed by atoms with Crippen LogP contribution in [0.3, 0.4) is 0 Å². The molecule has 1 saturated heterocycles. The largest absolute Gasteiger partial charge is 0.502 e. The quantitative estimate of drug-likeness (QED) is 0.875. The summed E-state index contributed by atoms with van der Waals surface area (Å²) in [6, 6.07) is 5.08. The van der Waals surface area contributed by atoms with Gasteiger partial charge in [0, 0.05) is 12.1 Å². The fraction of sp³-hybridized carbons (Fsp3) is 0.500. The number of hydrogen-bond donors (Lipinski definition) is 2. The molecule has 0 amide bonds. The summed E-state index contributed by atoms with van der Waals surface area (Å²) < 4.78 is 10.6. The highest BCUT2D eigenvalue weighted by Crippen LogP contribution is 2.27. The van der Waals surface area contributed by atoms with E-state index in [1.807, 2.05) is 0 Å². The molecule has 6 nitrogen and oxygen atoms in total. The van der Waals surface area contributed by atoms with Gasteiger partial charge in [-0.25, -0.2) is 0 Å². The highest BCUT2D eigenvalue weighted by molar-refractivity contribution is 5.15. The predicted octanol–water partition coefficient (Wildman–Crippen LogP) is 2.81. The predicted molar refractivity (Wildman–Crippen MR) is 87.6 cm³/mol. The first kappa shape index (κ1) is 16.8. The Morgan fingerprint density at radius 2 is 2.17 bits per heavy atom. The average Bonchev–Trinajstić information content (AvgIpc) is 3.02. The number of aliphatic hydroxyl groups is 1. The number of rotatable bonds is 5. The first-order chi connectivity index (χ1) is 11.6. The SMILES string of the molecule is O=c1cc(CN2CCCCC[C@@H]2C[C@H](O)c2ccco2)occ1O. The number of aliphatic hydroxyl groups excluding tert-OH is 1. The van der Waals surface area contributed by atoms with Gasteiger partial charge in [-0.3, -0.25) is 9.69 Å². The van der Waals surface area contributed by atoms with E-state index in [2.05, 4.69) is 4.90 Å². The highest BCUT2D eigenvalue weighted by atomic mass is 16.4. The summed E-state index contributed by atoms with van der Waals surface area (Å²) in [5, 5.41) is 19.7. The van der Waals surface area contributed by atoms with Crippen molar-refractivity contribution < 1.29 is 19.0 Å². The van der Waals surface area contributed by atoms with Crippen molar-refractivity contribution in [3.8, 4) is 5.75 Å². The molecule has 2 atom stereocenters. The van der Waals surface area contributed by atoms with E-state index in [-0.39, 0.29) is 11.8 Å². The third-order valence-electron chi connectivity index (χ3n) is 4.59. The lowest BCUT2D eigenvalue weighted by molar-refractivity contribution is 0.0795. The van der Waals surface area contributed by atoms with Crippen LogP contribution in [-0.4, -0.2) is 27.7 Å². The van der Waals surface area contributed by atoms with Crippen LogP contribution < -0.4 is 5.43 Å². The molecule has 2 aromatic heterocycles. The molecule has 0 unspecified atom stereocenters. The Hall–Kier alpha value is -2.05. The van der Waals surface area contributed by atoms with Crippen molar-refractivity contribution in [2.24, 2.45) is 0 Å². The molecule has 3 heterocycles. The smallest absolute Gasteiger partial charge is 0.226 e. The molecular formula is C18H23NO5. The van der Waals surface area contributed by atoms with Gasteiger partial charge in [0.2, 0.25) is 5.43 Å². The Bertz CT molecular complexity index is 694. The maximum absolute atomic E-state index is 11.6. The van der Waals surface area contributed by atoms with Gasteiger partial charge in [-0.1, -0.05) is 12.8 Å². The first-order valence-corrected chi connectivity index (χ1v) is 8.39. The number of likely N-dealkylation sites (tertiary alicyclic amines) is 1. The second-order valence-electron chi connectivity index (χ2n) is 6.34. The molecule has 130 valence electrons. The van der Waals surface area contributed by atoms with Crippen molar-refractivity contribution in [1.82, 2.24) is 4.90 Å². The maximum atomic E-state index is 11.6. The zero-order chi connectivity index (χ0) is 16.9. The Balaban J connectivity index is 1.72. The molecule has 1 aliphatic rings. The third kappa shape index (κ3) is 4.07. The van der Waals surface area contributed by atoms with Gasteiger partial charge in [-0.05, 0) is 37.9 Å². The highest BCUT2D eigenvalue weighted by Gasteiger charge is 2.26. The van der Waals surface area contributed by atoms with Crippen molar-refractivity contribution in [3.05, 3.63) is 52.5 Å². The summed E-state index contributed by atoms with van der Waals surface area (Å²) in [6.45, 7) is 1.38. The monoisotopic (exact) mass is 333 g/mol. The maximum Gasteiger partial charge on any atom is 0.226 e. The number of nitrogens with zero attached hydrogens (tertiary/aromatic N) is 1. The van der Waals surface area contributed by atoms with Gasteiger partial charge in [0.05, 0.1) is 12.8 Å². The third-order valence-corrected chi connectivity index (χ3v) is 4.59. The molecule has 0 bridgehead atoms. The Kier molecular flexibility index (Phi) is 5.37. The van der Waals surface area contributed by atoms with Crippen LogP contribution in [0, 0.1) is 0 Å². The van der Waals surface area contributed by atoms with Crippen LogP contribution in [0.15, 0.2) is 44.4 Å². The summed E-state index contributed by atoms with van der Waals surface area (Å²) in [6.07, 6.45) is 6.93. The van der Waals surface area contributed by atoms with Gasteiger partial charge in [0.15, 0.2) is 5.75 Å². The summed E-state index contributed by atoms with van der Waals surface area (Å²) in [5.41, 5.74) is -0.432. The minimum Gasteiger partial charge on any atom is -0.502 e. The van der Waals surface area contributed by atoms with Gasteiger partial charge in [-0.15, -0.1) is 0 Å². The van der Waals surface area contributed by atoms with E-state index in [0.717, 1.165) is 38.5 Å². The molecular weight excluding hydrogens is 310 g/mol. The Morgan fingerprint density at radius 3 is 2.92 bits per heavy atom. The van der Waals surface area contributed by atoms with E-state index in [1.165, 1.54) is 6.07 Å². The van der Waals surface area contributed by atoms with Crippen molar-refractivity contribution in [1.29, 1.82) is 0 Å². The van der Waals surface area contributed by atoms with Crippen LogP contribution in [0.25, 0.3) is 0 Å². The second kappa shape index (κ2) is 7.68. The van der Waals surface area contributed by atoms with E-state index < -0.39 is 11.5 Å². The van der Waals surface area contributed by atoms with Gasteiger partial charge in [0.25, 0.3) is 0 Å². The number of aromatic hydroxyl groups is 1. The van der Waals surface area contributed by atoms with E-state index in [4.69, 9.17) is 8.83 Å².